The molecule has 3 aromatic carbocycles. The molecule has 0 bridgehead atoms. The fourth-order valence-electron chi connectivity index (χ4n) is 3.39. The Kier molecular flexibility index (Phi) is 6.48. The minimum Gasteiger partial charge on any atom is -0.361 e. The van der Waals surface area contributed by atoms with Gasteiger partial charge < -0.3 is 10.3 Å². The summed E-state index contributed by atoms with van der Waals surface area (Å²) in [5.41, 5.74) is 4.85. The van der Waals surface area contributed by atoms with Crippen LogP contribution >= 0.6 is 15.9 Å². The summed E-state index contributed by atoms with van der Waals surface area (Å²) in [6, 6.07) is 23.4. The monoisotopic (exact) mass is 474 g/mol. The summed E-state index contributed by atoms with van der Waals surface area (Å²) in [7, 11) is 0. The second-order valence-corrected chi connectivity index (χ2v) is 8.16. The number of aliphatic imine (C=N–C) groups is 1. The number of carbonyl (C=O) groups is 1. The molecule has 0 saturated heterocycles. The number of rotatable bonds is 5. The number of amides is 1. The first-order valence-corrected chi connectivity index (χ1v) is 10.9. The van der Waals surface area contributed by atoms with Crippen LogP contribution in [0.3, 0.4) is 0 Å². The predicted molar refractivity (Wildman–Crippen MR) is 131 cm³/mol. The van der Waals surface area contributed by atoms with Crippen molar-refractivity contribution in [2.75, 3.05) is 11.9 Å². The molecule has 0 aliphatic rings. The topological polar surface area (TPSA) is 69.3 Å². The molecule has 31 heavy (non-hydrogen) atoms. The van der Waals surface area contributed by atoms with Gasteiger partial charge in [0.25, 0.3) is 5.91 Å². The van der Waals surface area contributed by atoms with Gasteiger partial charge in [0, 0.05) is 39.4 Å². The van der Waals surface area contributed by atoms with Crippen molar-refractivity contribution >= 4 is 44.4 Å². The zero-order valence-electron chi connectivity index (χ0n) is 17.2. The summed E-state index contributed by atoms with van der Waals surface area (Å²) in [6.45, 7) is 2.55. The molecule has 3 N–H and O–H groups in total. The Morgan fingerprint density at radius 3 is 2.68 bits per heavy atom. The zero-order chi connectivity index (χ0) is 21.6. The number of aryl methyl sites for hydroxylation is 1. The van der Waals surface area contributed by atoms with E-state index in [2.05, 4.69) is 48.7 Å². The van der Waals surface area contributed by atoms with Gasteiger partial charge in [-0.1, -0.05) is 58.4 Å². The summed E-state index contributed by atoms with van der Waals surface area (Å²) in [4.78, 5) is 20.8. The number of H-pyrrole nitrogens is 1. The molecule has 0 radical (unpaired) electrons. The third kappa shape index (κ3) is 5.22. The number of benzene rings is 3. The van der Waals surface area contributed by atoms with Crippen molar-refractivity contribution < 1.29 is 4.79 Å². The fourth-order valence-corrected chi connectivity index (χ4v) is 3.79. The van der Waals surface area contributed by atoms with Crippen LogP contribution in [0.5, 0.6) is 0 Å². The molecule has 0 saturated carbocycles. The van der Waals surface area contributed by atoms with E-state index in [1.54, 1.807) is 12.1 Å². The van der Waals surface area contributed by atoms with Gasteiger partial charge in [-0.25, -0.2) is 0 Å². The van der Waals surface area contributed by atoms with Crippen LogP contribution in [0.1, 0.15) is 21.5 Å². The second kappa shape index (κ2) is 9.62. The number of nitrogens with zero attached hydrogens (tertiary/aromatic N) is 1. The van der Waals surface area contributed by atoms with Crippen molar-refractivity contribution in [3.05, 3.63) is 100 Å². The molecule has 4 aromatic rings. The number of aromatic nitrogens is 1. The number of hydrogen-bond acceptors (Lipinski definition) is 2. The average molecular weight is 475 g/mol. The van der Waals surface area contributed by atoms with Crippen molar-refractivity contribution in [2.24, 2.45) is 4.99 Å². The summed E-state index contributed by atoms with van der Waals surface area (Å²) in [5.74, 6) is 0.215. The normalized spacial score (nSPS) is 11.5. The first kappa shape index (κ1) is 20.9. The Balaban J connectivity index is 1.53. The van der Waals surface area contributed by atoms with E-state index in [1.807, 2.05) is 61.7 Å². The summed E-state index contributed by atoms with van der Waals surface area (Å²) in [6.07, 6.45) is 2.78. The van der Waals surface area contributed by atoms with Crippen molar-refractivity contribution in [1.29, 1.82) is 0 Å². The van der Waals surface area contributed by atoms with Crippen molar-refractivity contribution in [3.63, 3.8) is 0 Å². The van der Waals surface area contributed by atoms with Crippen molar-refractivity contribution in [2.45, 2.75) is 13.3 Å². The molecule has 1 amide bonds. The lowest BCUT2D eigenvalue weighted by Gasteiger charge is -2.14. The third-order valence-electron chi connectivity index (χ3n) is 5.04. The summed E-state index contributed by atoms with van der Waals surface area (Å²) < 4.78 is 0.852. The molecule has 156 valence electrons. The highest BCUT2D eigenvalue weighted by molar-refractivity contribution is 9.10. The lowest BCUT2D eigenvalue weighted by Crippen LogP contribution is -2.36. The van der Waals surface area contributed by atoms with E-state index in [-0.39, 0.29) is 5.91 Å². The van der Waals surface area contributed by atoms with Crippen LogP contribution in [0, 0.1) is 6.92 Å². The van der Waals surface area contributed by atoms with E-state index in [9.17, 15) is 4.79 Å². The smallest absolute Gasteiger partial charge is 0.257 e. The van der Waals surface area contributed by atoms with E-state index < -0.39 is 0 Å². The first-order chi connectivity index (χ1) is 15.1. The van der Waals surface area contributed by atoms with E-state index in [1.165, 1.54) is 10.9 Å². The van der Waals surface area contributed by atoms with Gasteiger partial charge in [-0.2, -0.15) is 0 Å². The van der Waals surface area contributed by atoms with E-state index in [0.29, 0.717) is 18.1 Å². The first-order valence-electron chi connectivity index (χ1n) is 10.1. The van der Waals surface area contributed by atoms with Gasteiger partial charge in [-0.3, -0.25) is 15.1 Å². The number of hydrogen-bond donors (Lipinski definition) is 3. The Bertz CT molecular complexity index is 1250. The van der Waals surface area contributed by atoms with Gasteiger partial charge in [0.1, 0.15) is 0 Å². The maximum Gasteiger partial charge on any atom is 0.257 e. The van der Waals surface area contributed by atoms with Crippen LogP contribution in [-0.4, -0.2) is 23.4 Å². The minimum absolute atomic E-state index is 0.215. The van der Waals surface area contributed by atoms with Crippen LogP contribution in [-0.2, 0) is 6.42 Å². The number of nitrogens with one attached hydrogen (secondary N) is 3. The van der Waals surface area contributed by atoms with Crippen LogP contribution in [0.4, 0.5) is 5.69 Å². The Hall–Kier alpha value is -3.38. The molecule has 0 aliphatic heterocycles. The van der Waals surface area contributed by atoms with E-state index in [0.717, 1.165) is 27.7 Å². The predicted octanol–water partition coefficient (Wildman–Crippen LogP) is 5.68. The quantitative estimate of drug-likeness (QED) is 0.257. The average Bonchev–Trinajstić information content (AvgIpc) is 3.18. The molecular formula is C25H23BrN4O. The van der Waals surface area contributed by atoms with Crippen LogP contribution in [0.15, 0.2) is 88.5 Å². The number of para-hydroxylation sites is 2. The standard InChI is InChI=1S/C25H23BrN4O/c1-17-7-2-4-11-22(17)29-25(30-24(31)18-8-6-9-20(26)15-18)27-14-13-19-16-28-23-12-5-3-10-21(19)23/h2-12,15-16,28H,13-14H2,1H3,(H2,27,29,30,31). The van der Waals surface area contributed by atoms with Gasteiger partial charge in [-0.05, 0) is 54.8 Å². The number of halogens is 1. The molecule has 6 heteroatoms. The molecule has 0 unspecified atom stereocenters. The maximum absolute atomic E-state index is 12.8. The number of anilines is 1. The summed E-state index contributed by atoms with van der Waals surface area (Å²) >= 11 is 3.41. The number of aromatic amines is 1. The second-order valence-electron chi connectivity index (χ2n) is 7.24. The molecule has 4 rings (SSSR count). The molecule has 1 aromatic heterocycles. The molecule has 1 heterocycles. The third-order valence-corrected chi connectivity index (χ3v) is 5.54. The highest BCUT2D eigenvalue weighted by atomic mass is 79.9. The van der Waals surface area contributed by atoms with E-state index >= 15 is 0 Å². The fraction of sp³-hybridized carbons (Fsp3) is 0.120. The molecule has 5 nitrogen and oxygen atoms in total. The molecule has 0 fully saturated rings. The van der Waals surface area contributed by atoms with E-state index in [4.69, 9.17) is 0 Å². The van der Waals surface area contributed by atoms with Crippen LogP contribution in [0.25, 0.3) is 10.9 Å². The summed E-state index contributed by atoms with van der Waals surface area (Å²) in [5, 5.41) is 7.40. The van der Waals surface area contributed by atoms with Gasteiger partial charge in [0.2, 0.25) is 5.96 Å². The zero-order valence-corrected chi connectivity index (χ0v) is 18.7. The number of carbonyl (C=O) groups excluding carboxylic acids is 1. The SMILES string of the molecule is Cc1ccccc1NC(=NCCc1c[nH]c2ccccc12)NC(=O)c1cccc(Br)c1. The molecule has 0 spiro atoms. The molecule has 0 atom stereocenters. The largest absolute Gasteiger partial charge is 0.361 e. The Labute approximate surface area is 189 Å². The number of guanidine groups is 1. The van der Waals surface area contributed by atoms with Crippen LogP contribution in [0.2, 0.25) is 0 Å². The molecule has 0 aliphatic carbocycles. The van der Waals surface area contributed by atoms with Gasteiger partial charge in [0.15, 0.2) is 0 Å². The van der Waals surface area contributed by atoms with Gasteiger partial charge in [-0.15, -0.1) is 0 Å². The Morgan fingerprint density at radius 2 is 1.84 bits per heavy atom. The van der Waals surface area contributed by atoms with Crippen molar-refractivity contribution in [1.82, 2.24) is 10.3 Å². The number of fused-ring (bicyclic) bond motifs is 1. The minimum atomic E-state index is -0.215. The lowest BCUT2D eigenvalue weighted by molar-refractivity contribution is 0.0977. The maximum atomic E-state index is 12.8. The van der Waals surface area contributed by atoms with Crippen molar-refractivity contribution in [3.8, 4) is 0 Å². The Morgan fingerprint density at radius 1 is 1.03 bits per heavy atom. The lowest BCUT2D eigenvalue weighted by atomic mass is 10.1. The highest BCUT2D eigenvalue weighted by Crippen LogP contribution is 2.18. The molecular weight excluding hydrogens is 452 g/mol. The van der Waals surface area contributed by atoms with Gasteiger partial charge in [0.05, 0.1) is 0 Å². The highest BCUT2D eigenvalue weighted by Gasteiger charge is 2.11. The van der Waals surface area contributed by atoms with Gasteiger partial charge >= 0.3 is 0 Å². The van der Waals surface area contributed by atoms with Crippen LogP contribution < -0.4 is 10.6 Å².